The van der Waals surface area contributed by atoms with Crippen molar-refractivity contribution < 1.29 is 0 Å². The number of para-hydroxylation sites is 2. The van der Waals surface area contributed by atoms with E-state index in [0.29, 0.717) is 24.7 Å². The summed E-state index contributed by atoms with van der Waals surface area (Å²) in [6.07, 6.45) is 1.78. The van der Waals surface area contributed by atoms with Gasteiger partial charge in [0.2, 0.25) is 5.95 Å². The van der Waals surface area contributed by atoms with Crippen molar-refractivity contribution in [2.24, 2.45) is 0 Å². The van der Waals surface area contributed by atoms with Crippen LogP contribution in [-0.4, -0.2) is 44.7 Å². The first-order valence-electron chi connectivity index (χ1n) is 10.5. The molecule has 0 amide bonds. The highest BCUT2D eigenvalue weighted by molar-refractivity contribution is 6.20. The molecule has 1 aliphatic rings. The number of rotatable bonds is 4. The molecular weight excluding hydrogens is 424 g/mol. The molecule has 2 aromatic carbocycles. The van der Waals surface area contributed by atoms with Crippen LogP contribution in [0.2, 0.25) is 0 Å². The molecule has 1 fully saturated rings. The number of piperazine rings is 1. The second-order valence-corrected chi connectivity index (χ2v) is 8.20. The van der Waals surface area contributed by atoms with Crippen LogP contribution >= 0.6 is 11.6 Å². The van der Waals surface area contributed by atoms with Crippen LogP contribution in [0, 0.1) is 6.92 Å². The topological polar surface area (TPSA) is 66.3 Å². The summed E-state index contributed by atoms with van der Waals surface area (Å²) < 4.78 is 1.63. The van der Waals surface area contributed by atoms with Crippen LogP contribution in [0.25, 0.3) is 16.7 Å². The quantitative estimate of drug-likeness (QED) is 0.381. The second-order valence-electron chi connectivity index (χ2n) is 7.69. The van der Waals surface area contributed by atoms with Crippen LogP contribution in [0.4, 0.5) is 11.6 Å². The van der Waals surface area contributed by atoms with Gasteiger partial charge in [-0.15, -0.1) is 11.6 Å². The molecule has 5 rings (SSSR count). The van der Waals surface area contributed by atoms with E-state index in [2.05, 4.69) is 10.3 Å². The summed E-state index contributed by atoms with van der Waals surface area (Å²) in [6, 6.07) is 21.1. The minimum Gasteiger partial charge on any atom is -0.313 e. The Bertz CT molecular complexity index is 1290. The normalized spacial score (nSPS) is 16.9. The molecule has 1 saturated heterocycles. The van der Waals surface area contributed by atoms with Crippen molar-refractivity contribution in [3.8, 4) is 5.69 Å². The molecule has 1 N–H and O–H groups in total. The van der Waals surface area contributed by atoms with Gasteiger partial charge in [-0.3, -0.25) is 9.36 Å². The number of pyridine rings is 1. The van der Waals surface area contributed by atoms with Crippen LogP contribution in [0.3, 0.4) is 0 Å². The van der Waals surface area contributed by atoms with E-state index in [1.54, 1.807) is 16.8 Å². The van der Waals surface area contributed by atoms with Crippen LogP contribution in [-0.2, 0) is 0 Å². The highest BCUT2D eigenvalue weighted by Gasteiger charge is 2.29. The third kappa shape index (κ3) is 3.75. The van der Waals surface area contributed by atoms with Crippen molar-refractivity contribution in [3.63, 3.8) is 0 Å². The van der Waals surface area contributed by atoms with Crippen molar-refractivity contribution in [1.29, 1.82) is 0 Å². The van der Waals surface area contributed by atoms with Gasteiger partial charge in [0.05, 0.1) is 11.4 Å². The molecule has 0 aliphatic carbocycles. The third-order valence-electron chi connectivity index (χ3n) is 5.57. The lowest BCUT2D eigenvalue weighted by atomic mass is 10.2. The van der Waals surface area contributed by atoms with E-state index in [9.17, 15) is 4.79 Å². The summed E-state index contributed by atoms with van der Waals surface area (Å²) in [5.41, 5.74) is 2.67. The van der Waals surface area contributed by atoms with Crippen molar-refractivity contribution in [2.75, 3.05) is 24.6 Å². The summed E-state index contributed by atoms with van der Waals surface area (Å²) >= 11 is 6.68. The van der Waals surface area contributed by atoms with E-state index in [-0.39, 0.29) is 11.1 Å². The number of alkyl halides is 1. The van der Waals surface area contributed by atoms with E-state index >= 15 is 0 Å². The number of halogens is 1. The maximum atomic E-state index is 13.0. The Morgan fingerprint density at radius 2 is 1.81 bits per heavy atom. The van der Waals surface area contributed by atoms with Crippen LogP contribution < -0.4 is 15.9 Å². The predicted molar refractivity (Wildman–Crippen MR) is 128 cm³/mol. The molecule has 32 heavy (non-hydrogen) atoms. The molecule has 0 radical (unpaired) electrons. The average molecular weight is 447 g/mol. The molecule has 162 valence electrons. The Hall–Kier alpha value is -3.26. The molecule has 1 aliphatic heterocycles. The number of nitrogens with one attached hydrogen (secondary N) is 1. The Labute approximate surface area is 190 Å². The zero-order valence-corrected chi connectivity index (χ0v) is 18.4. The van der Waals surface area contributed by atoms with E-state index in [4.69, 9.17) is 21.6 Å². The highest BCUT2D eigenvalue weighted by Crippen LogP contribution is 2.29. The standard InChI is InChI=1S/C24H23ClN6O/c1-17-14-22(32)30(18-8-4-2-5-9-18)23-20(17)15-27-24(28-23)31(19-10-6-3-7-11-19)29-13-12-26-16-21(29)25/h2-11,14-15,21,26H,12-13,16H2,1H3. The Morgan fingerprint density at radius 1 is 1.09 bits per heavy atom. The summed E-state index contributed by atoms with van der Waals surface area (Å²) in [5.74, 6) is 0.464. The Morgan fingerprint density at radius 3 is 2.53 bits per heavy atom. The van der Waals surface area contributed by atoms with E-state index in [0.717, 1.165) is 28.9 Å². The number of aromatic nitrogens is 3. The van der Waals surface area contributed by atoms with Gasteiger partial charge in [-0.25, -0.2) is 9.99 Å². The number of anilines is 2. The summed E-state index contributed by atoms with van der Waals surface area (Å²) in [6.45, 7) is 4.05. The largest absolute Gasteiger partial charge is 0.313 e. The number of hydrazine groups is 1. The fraction of sp³-hybridized carbons (Fsp3) is 0.208. The fourth-order valence-electron chi connectivity index (χ4n) is 4.01. The number of hydrogen-bond acceptors (Lipinski definition) is 6. The fourth-order valence-corrected chi connectivity index (χ4v) is 4.30. The van der Waals surface area contributed by atoms with Crippen LogP contribution in [0.1, 0.15) is 5.56 Å². The maximum Gasteiger partial charge on any atom is 0.257 e. The number of aryl methyl sites for hydroxylation is 1. The van der Waals surface area contributed by atoms with Crippen LogP contribution in [0.5, 0.6) is 0 Å². The van der Waals surface area contributed by atoms with E-state index < -0.39 is 0 Å². The molecule has 0 bridgehead atoms. The molecule has 2 aromatic heterocycles. The van der Waals surface area contributed by atoms with Crippen molar-refractivity contribution >= 4 is 34.3 Å². The molecular formula is C24H23ClN6O. The van der Waals surface area contributed by atoms with Gasteiger partial charge in [0.15, 0.2) is 5.65 Å². The maximum absolute atomic E-state index is 13.0. The van der Waals surface area contributed by atoms with Gasteiger partial charge in [-0.2, -0.15) is 9.99 Å². The van der Waals surface area contributed by atoms with Crippen molar-refractivity contribution in [2.45, 2.75) is 12.4 Å². The molecule has 1 unspecified atom stereocenters. The lowest BCUT2D eigenvalue weighted by Crippen LogP contribution is -2.55. The van der Waals surface area contributed by atoms with Gasteiger partial charge in [0.1, 0.15) is 5.50 Å². The third-order valence-corrected chi connectivity index (χ3v) is 5.95. The van der Waals surface area contributed by atoms with E-state index in [1.165, 1.54) is 0 Å². The van der Waals surface area contributed by atoms with Crippen molar-refractivity contribution in [3.05, 3.63) is 88.8 Å². The van der Waals surface area contributed by atoms with Gasteiger partial charge in [-0.1, -0.05) is 36.4 Å². The van der Waals surface area contributed by atoms with Crippen LogP contribution in [0.15, 0.2) is 77.7 Å². The lowest BCUT2D eigenvalue weighted by molar-refractivity contribution is 0.213. The first-order chi connectivity index (χ1) is 15.6. The minimum absolute atomic E-state index is 0.130. The smallest absolute Gasteiger partial charge is 0.257 e. The van der Waals surface area contributed by atoms with Gasteiger partial charge in [0, 0.05) is 37.3 Å². The van der Waals surface area contributed by atoms with Gasteiger partial charge in [-0.05, 0) is 36.8 Å². The molecule has 4 aromatic rings. The van der Waals surface area contributed by atoms with E-state index in [1.807, 2.05) is 72.6 Å². The van der Waals surface area contributed by atoms with Gasteiger partial charge in [0.25, 0.3) is 5.56 Å². The zero-order chi connectivity index (χ0) is 22.1. The SMILES string of the molecule is Cc1cc(=O)n(-c2ccccc2)c2nc(N(c3ccccc3)N3CCNCC3Cl)ncc12. The lowest BCUT2D eigenvalue weighted by Gasteiger charge is -2.40. The Kier molecular flexibility index (Phi) is 5.61. The first kappa shape index (κ1) is 20.6. The number of nitrogens with zero attached hydrogens (tertiary/aromatic N) is 5. The van der Waals surface area contributed by atoms with Gasteiger partial charge >= 0.3 is 0 Å². The van der Waals surface area contributed by atoms with Crippen molar-refractivity contribution in [1.82, 2.24) is 24.9 Å². The zero-order valence-electron chi connectivity index (χ0n) is 17.6. The second kappa shape index (κ2) is 8.70. The number of benzene rings is 2. The number of hydrogen-bond donors (Lipinski definition) is 1. The molecule has 7 nitrogen and oxygen atoms in total. The molecule has 1 atom stereocenters. The minimum atomic E-state index is -0.267. The first-order valence-corrected chi connectivity index (χ1v) is 11.0. The summed E-state index contributed by atoms with van der Waals surface area (Å²) in [4.78, 5) is 22.6. The summed E-state index contributed by atoms with van der Waals surface area (Å²) in [5, 5.41) is 8.13. The highest BCUT2D eigenvalue weighted by atomic mass is 35.5. The van der Waals surface area contributed by atoms with Gasteiger partial charge < -0.3 is 5.32 Å². The molecule has 0 saturated carbocycles. The molecule has 8 heteroatoms. The predicted octanol–water partition coefficient (Wildman–Crippen LogP) is 3.61. The summed E-state index contributed by atoms with van der Waals surface area (Å²) in [7, 11) is 0. The Balaban J connectivity index is 1.74. The molecule has 0 spiro atoms. The number of fused-ring (bicyclic) bond motifs is 1. The average Bonchev–Trinajstić information content (AvgIpc) is 2.82. The molecule has 3 heterocycles. The monoisotopic (exact) mass is 446 g/mol.